The molecule has 0 aromatic heterocycles. The van der Waals surface area contributed by atoms with E-state index in [9.17, 15) is 15.0 Å². The third-order valence-electron chi connectivity index (χ3n) is 8.51. The van der Waals surface area contributed by atoms with Crippen molar-refractivity contribution in [2.45, 2.75) is 64.8 Å². The predicted molar refractivity (Wildman–Crippen MR) is 123 cm³/mol. The van der Waals surface area contributed by atoms with Crippen LogP contribution in [0.2, 0.25) is 0 Å². The minimum atomic E-state index is -0.507. The molecule has 32 heavy (non-hydrogen) atoms. The summed E-state index contributed by atoms with van der Waals surface area (Å²) < 4.78 is 11.3. The number of carbonyl (C=O) groups excluding carboxylic acids is 1. The molecule has 0 amide bonds. The quantitative estimate of drug-likeness (QED) is 0.394. The monoisotopic (exact) mass is 440 g/mol. The Morgan fingerprint density at radius 3 is 2.72 bits per heavy atom. The summed E-state index contributed by atoms with van der Waals surface area (Å²) in [5, 5.41) is 20.9. The van der Waals surface area contributed by atoms with E-state index in [1.807, 2.05) is 43.3 Å². The highest BCUT2D eigenvalue weighted by Gasteiger charge is 2.57. The van der Waals surface area contributed by atoms with Gasteiger partial charge in [0.15, 0.2) is 0 Å². The second-order valence-electron chi connectivity index (χ2n) is 10.3. The molecule has 4 rings (SSSR count). The lowest BCUT2D eigenvalue weighted by Crippen LogP contribution is -2.57. The Balaban J connectivity index is 1.52. The number of carbonyl (C=O) groups is 1. The van der Waals surface area contributed by atoms with Crippen LogP contribution < -0.4 is 0 Å². The van der Waals surface area contributed by atoms with Crippen molar-refractivity contribution in [1.29, 1.82) is 0 Å². The number of fused-ring (bicyclic) bond motifs is 1. The van der Waals surface area contributed by atoms with Gasteiger partial charge in [-0.25, -0.2) is 4.79 Å². The van der Waals surface area contributed by atoms with Gasteiger partial charge >= 0.3 is 5.97 Å². The Labute approximate surface area is 191 Å². The lowest BCUT2D eigenvalue weighted by atomic mass is 9.46. The van der Waals surface area contributed by atoms with Crippen molar-refractivity contribution in [2.24, 2.45) is 22.7 Å². The van der Waals surface area contributed by atoms with Crippen molar-refractivity contribution in [3.63, 3.8) is 0 Å². The third-order valence-corrected chi connectivity index (χ3v) is 8.51. The van der Waals surface area contributed by atoms with Crippen LogP contribution in [0.25, 0.3) is 0 Å². The molecule has 1 aromatic rings. The topological polar surface area (TPSA) is 76.0 Å². The normalized spacial score (nSPS) is 38.6. The summed E-state index contributed by atoms with van der Waals surface area (Å²) in [4.78, 5) is 12.4. The maximum Gasteiger partial charge on any atom is 0.336 e. The molecule has 2 aliphatic carbocycles. The van der Waals surface area contributed by atoms with E-state index in [1.165, 1.54) is 5.57 Å². The van der Waals surface area contributed by atoms with Gasteiger partial charge in [0.05, 0.1) is 24.9 Å². The Kier molecular flexibility index (Phi) is 6.62. The molecule has 3 aliphatic rings. The van der Waals surface area contributed by atoms with Crippen LogP contribution in [-0.2, 0) is 20.9 Å². The number of aliphatic hydroxyl groups is 2. The molecule has 6 unspecified atom stereocenters. The highest BCUT2D eigenvalue weighted by Crippen LogP contribution is 2.61. The molecule has 1 aromatic carbocycles. The Bertz CT molecular complexity index is 877. The van der Waals surface area contributed by atoms with Crippen LogP contribution in [0.4, 0.5) is 0 Å². The number of ether oxygens (including phenoxy) is 2. The Morgan fingerprint density at radius 2 is 2.00 bits per heavy atom. The summed E-state index contributed by atoms with van der Waals surface area (Å²) in [6.07, 6.45) is 5.22. The molecule has 0 radical (unpaired) electrons. The number of aliphatic hydroxyl groups excluding tert-OH is 2. The number of esters is 1. The van der Waals surface area contributed by atoms with Crippen LogP contribution in [0.3, 0.4) is 0 Å². The molecule has 1 aliphatic heterocycles. The van der Waals surface area contributed by atoms with Crippen molar-refractivity contribution in [3.05, 3.63) is 59.7 Å². The van der Waals surface area contributed by atoms with E-state index in [0.717, 1.165) is 24.8 Å². The van der Waals surface area contributed by atoms with Crippen molar-refractivity contribution < 1.29 is 24.5 Å². The average Bonchev–Trinajstić information content (AvgIpc) is 3.14. The van der Waals surface area contributed by atoms with E-state index in [0.29, 0.717) is 25.0 Å². The summed E-state index contributed by atoms with van der Waals surface area (Å²) in [5.74, 6) is 0.0963. The van der Waals surface area contributed by atoms with E-state index in [4.69, 9.17) is 9.47 Å². The van der Waals surface area contributed by atoms with Gasteiger partial charge in [0.25, 0.3) is 0 Å². The number of cyclic esters (lactones) is 1. The van der Waals surface area contributed by atoms with E-state index >= 15 is 0 Å². The van der Waals surface area contributed by atoms with Crippen molar-refractivity contribution in [3.8, 4) is 0 Å². The fourth-order valence-corrected chi connectivity index (χ4v) is 6.46. The van der Waals surface area contributed by atoms with Gasteiger partial charge in [-0.05, 0) is 54.9 Å². The van der Waals surface area contributed by atoms with Gasteiger partial charge in [0.1, 0.15) is 12.7 Å². The average molecular weight is 441 g/mol. The zero-order valence-corrected chi connectivity index (χ0v) is 19.3. The van der Waals surface area contributed by atoms with Gasteiger partial charge in [-0.2, -0.15) is 0 Å². The molecular weight excluding hydrogens is 404 g/mol. The number of hydrogen-bond acceptors (Lipinski definition) is 5. The van der Waals surface area contributed by atoms with Crippen LogP contribution in [0.5, 0.6) is 0 Å². The number of allylic oxidation sites excluding steroid dienone is 2. The molecule has 2 saturated carbocycles. The van der Waals surface area contributed by atoms with Crippen molar-refractivity contribution in [2.75, 3.05) is 13.2 Å². The maximum absolute atomic E-state index is 12.4. The molecule has 0 bridgehead atoms. The Morgan fingerprint density at radius 1 is 1.25 bits per heavy atom. The van der Waals surface area contributed by atoms with Crippen molar-refractivity contribution in [1.82, 2.24) is 0 Å². The van der Waals surface area contributed by atoms with Gasteiger partial charge in [-0.3, -0.25) is 0 Å². The minimum absolute atomic E-state index is 0.0174. The fraction of sp³-hybridized carbons (Fsp3) is 0.593. The molecule has 3 fully saturated rings. The molecule has 1 saturated heterocycles. The van der Waals surface area contributed by atoms with Gasteiger partial charge < -0.3 is 19.7 Å². The number of benzene rings is 1. The molecule has 5 nitrogen and oxygen atoms in total. The summed E-state index contributed by atoms with van der Waals surface area (Å²) in [6.45, 7) is 9.34. The lowest BCUT2D eigenvalue weighted by molar-refractivity contribution is -0.151. The first kappa shape index (κ1) is 23.2. The third kappa shape index (κ3) is 4.07. The zero-order valence-electron chi connectivity index (χ0n) is 19.3. The number of rotatable bonds is 6. The van der Waals surface area contributed by atoms with Crippen molar-refractivity contribution >= 4 is 5.97 Å². The standard InChI is InChI=1S/C27H36O5/c1-18-9-12-23-26(2,14-13-24(29)27(23,3)17-28)21(18)11-10-20-22(16-32-25(20)30)31-15-19-7-5-4-6-8-19/h4-8,10,21-24,28-29H,1,9,11-17H2,2-3H3/b20-10+. The SMILES string of the molecule is C=C1CCC2C(C)(CO)C(O)CCC2(C)C1C/C=C1/C(=O)OCC1OCc1ccccc1. The van der Waals surface area contributed by atoms with E-state index in [2.05, 4.69) is 13.5 Å². The minimum Gasteiger partial charge on any atom is -0.459 e. The van der Waals surface area contributed by atoms with Gasteiger partial charge in [0, 0.05) is 5.41 Å². The molecule has 174 valence electrons. The zero-order chi connectivity index (χ0) is 22.9. The van der Waals surface area contributed by atoms with Gasteiger partial charge in [-0.15, -0.1) is 0 Å². The van der Waals surface area contributed by atoms with Crippen LogP contribution in [0, 0.1) is 22.7 Å². The van der Waals surface area contributed by atoms with Crippen LogP contribution >= 0.6 is 0 Å². The molecule has 6 atom stereocenters. The molecule has 2 N–H and O–H groups in total. The summed E-state index contributed by atoms with van der Waals surface area (Å²) in [5.41, 5.74) is 2.27. The second kappa shape index (κ2) is 9.12. The largest absolute Gasteiger partial charge is 0.459 e. The van der Waals surface area contributed by atoms with E-state index in [-0.39, 0.29) is 42.5 Å². The van der Waals surface area contributed by atoms with Gasteiger partial charge in [0.2, 0.25) is 0 Å². The number of hydrogen-bond donors (Lipinski definition) is 2. The smallest absolute Gasteiger partial charge is 0.336 e. The predicted octanol–water partition coefficient (Wildman–Crippen LogP) is 4.19. The summed E-state index contributed by atoms with van der Waals surface area (Å²) >= 11 is 0. The molecule has 5 heteroatoms. The highest BCUT2D eigenvalue weighted by molar-refractivity contribution is 5.91. The summed E-state index contributed by atoms with van der Waals surface area (Å²) in [7, 11) is 0. The fourth-order valence-electron chi connectivity index (χ4n) is 6.46. The first-order valence-corrected chi connectivity index (χ1v) is 11.8. The second-order valence-corrected chi connectivity index (χ2v) is 10.3. The molecule has 1 heterocycles. The van der Waals surface area contributed by atoms with Crippen LogP contribution in [0.1, 0.15) is 51.5 Å². The maximum atomic E-state index is 12.4. The van der Waals surface area contributed by atoms with Crippen LogP contribution in [-0.4, -0.2) is 41.6 Å². The highest BCUT2D eigenvalue weighted by atomic mass is 16.6. The first-order valence-electron chi connectivity index (χ1n) is 11.8. The van der Waals surface area contributed by atoms with Gasteiger partial charge in [-0.1, -0.05) is 62.4 Å². The van der Waals surface area contributed by atoms with Crippen LogP contribution in [0.15, 0.2) is 54.1 Å². The lowest BCUT2D eigenvalue weighted by Gasteiger charge is -2.59. The summed E-state index contributed by atoms with van der Waals surface area (Å²) in [6, 6.07) is 9.92. The Hall–Kier alpha value is -1.95. The molecular formula is C27H36O5. The van der Waals surface area contributed by atoms with E-state index in [1.54, 1.807) is 0 Å². The van der Waals surface area contributed by atoms with E-state index < -0.39 is 11.5 Å². The first-order chi connectivity index (χ1) is 15.3. The molecule has 0 spiro atoms.